The van der Waals surface area contributed by atoms with E-state index in [-0.39, 0.29) is 11.3 Å². The van der Waals surface area contributed by atoms with Crippen molar-refractivity contribution in [3.05, 3.63) is 107 Å². The van der Waals surface area contributed by atoms with E-state index in [1.807, 2.05) is 36.4 Å². The molecule has 0 aliphatic heterocycles. The number of carbonyl (C=O) groups excluding carboxylic acids is 3. The summed E-state index contributed by atoms with van der Waals surface area (Å²) in [4.78, 5) is 39.5. The van der Waals surface area contributed by atoms with E-state index in [4.69, 9.17) is 0 Å². The van der Waals surface area contributed by atoms with E-state index in [0.717, 1.165) is 5.56 Å². The fourth-order valence-corrected chi connectivity index (χ4v) is 3.19. The Labute approximate surface area is 181 Å². The zero-order valence-corrected chi connectivity index (χ0v) is 17.2. The third-order valence-electron chi connectivity index (χ3n) is 4.85. The van der Waals surface area contributed by atoms with E-state index in [1.54, 1.807) is 49.5 Å². The quantitative estimate of drug-likeness (QED) is 0.553. The molecule has 0 aromatic heterocycles. The molecule has 0 bridgehead atoms. The van der Waals surface area contributed by atoms with Crippen molar-refractivity contribution in [2.75, 3.05) is 13.7 Å². The smallest absolute Gasteiger partial charge is 0.252 e. The summed E-state index contributed by atoms with van der Waals surface area (Å²) < 4.78 is 0. The molecule has 3 rings (SSSR count). The Morgan fingerprint density at radius 2 is 1.42 bits per heavy atom. The number of carbonyl (C=O) groups is 3. The Kier molecular flexibility index (Phi) is 7.30. The molecule has 0 radical (unpaired) electrons. The highest BCUT2D eigenvalue weighted by molar-refractivity contribution is 6.10. The molecule has 0 spiro atoms. The molecule has 0 aliphatic carbocycles. The number of hydrogen-bond donors (Lipinski definition) is 2. The largest absolute Gasteiger partial charge is 0.394 e. The fraction of sp³-hybridized carbons (Fsp3) is 0.160. The van der Waals surface area contributed by atoms with Gasteiger partial charge in [0.15, 0.2) is 5.78 Å². The Balaban J connectivity index is 1.69. The SMILES string of the molecule is CN(Cc1ccccc1)C(=O)C(CO)NC(=O)c1cccc(C(=O)c2ccccc2)c1. The first kappa shape index (κ1) is 21.9. The van der Waals surface area contributed by atoms with Crippen molar-refractivity contribution < 1.29 is 19.5 Å². The maximum Gasteiger partial charge on any atom is 0.252 e. The van der Waals surface area contributed by atoms with Crippen LogP contribution in [0.1, 0.15) is 31.8 Å². The summed E-state index contributed by atoms with van der Waals surface area (Å²) in [5, 5.41) is 12.2. The van der Waals surface area contributed by atoms with Gasteiger partial charge in [0.2, 0.25) is 5.91 Å². The third kappa shape index (κ3) is 5.65. The van der Waals surface area contributed by atoms with Gasteiger partial charge < -0.3 is 15.3 Å². The van der Waals surface area contributed by atoms with Gasteiger partial charge in [0.1, 0.15) is 6.04 Å². The van der Waals surface area contributed by atoms with Crippen molar-refractivity contribution in [1.29, 1.82) is 0 Å². The lowest BCUT2D eigenvalue weighted by atomic mass is 10.0. The molecule has 0 saturated heterocycles. The van der Waals surface area contributed by atoms with Crippen LogP contribution in [0, 0.1) is 0 Å². The summed E-state index contributed by atoms with van der Waals surface area (Å²) in [5.74, 6) is -1.15. The Morgan fingerprint density at radius 1 is 0.839 bits per heavy atom. The Hall–Kier alpha value is -3.77. The molecule has 2 N–H and O–H groups in total. The number of benzene rings is 3. The Bertz CT molecular complexity index is 1050. The van der Waals surface area contributed by atoms with Crippen LogP contribution < -0.4 is 5.32 Å². The first-order valence-corrected chi connectivity index (χ1v) is 9.90. The van der Waals surface area contributed by atoms with Gasteiger partial charge in [-0.3, -0.25) is 14.4 Å². The van der Waals surface area contributed by atoms with Crippen LogP contribution in [0.25, 0.3) is 0 Å². The number of ketones is 1. The van der Waals surface area contributed by atoms with Crippen molar-refractivity contribution in [3.63, 3.8) is 0 Å². The summed E-state index contributed by atoms with van der Waals surface area (Å²) in [6, 6.07) is 23.4. The van der Waals surface area contributed by atoms with Gasteiger partial charge in [0.05, 0.1) is 6.61 Å². The van der Waals surface area contributed by atoms with Gasteiger partial charge in [-0.25, -0.2) is 0 Å². The average molecular weight is 416 g/mol. The maximum absolute atomic E-state index is 12.7. The molecule has 3 aromatic rings. The maximum atomic E-state index is 12.7. The topological polar surface area (TPSA) is 86.7 Å². The Morgan fingerprint density at radius 3 is 2.06 bits per heavy atom. The molecule has 31 heavy (non-hydrogen) atoms. The lowest BCUT2D eigenvalue weighted by Gasteiger charge is -2.23. The normalized spacial score (nSPS) is 11.4. The van der Waals surface area contributed by atoms with Gasteiger partial charge in [-0.1, -0.05) is 72.8 Å². The van der Waals surface area contributed by atoms with Crippen LogP contribution in [-0.4, -0.2) is 47.3 Å². The van der Waals surface area contributed by atoms with Gasteiger partial charge in [0, 0.05) is 30.3 Å². The molecule has 0 saturated carbocycles. The van der Waals surface area contributed by atoms with Crippen LogP contribution in [0.3, 0.4) is 0 Å². The number of likely N-dealkylation sites (N-methyl/N-ethyl adjacent to an activating group) is 1. The second-order valence-corrected chi connectivity index (χ2v) is 7.16. The minimum Gasteiger partial charge on any atom is -0.394 e. The van der Waals surface area contributed by atoms with Gasteiger partial charge >= 0.3 is 0 Å². The monoisotopic (exact) mass is 416 g/mol. The van der Waals surface area contributed by atoms with Crippen molar-refractivity contribution in [3.8, 4) is 0 Å². The van der Waals surface area contributed by atoms with Crippen molar-refractivity contribution in [1.82, 2.24) is 10.2 Å². The molecule has 0 heterocycles. The molecule has 1 unspecified atom stereocenters. The van der Waals surface area contributed by atoms with Crippen LogP contribution in [0.2, 0.25) is 0 Å². The van der Waals surface area contributed by atoms with Gasteiger partial charge in [0.25, 0.3) is 5.91 Å². The standard InChI is InChI=1S/C25H24N2O4/c1-27(16-18-9-4-2-5-10-18)25(31)22(17-28)26-24(30)21-14-8-13-20(15-21)23(29)19-11-6-3-7-12-19/h2-15,22,28H,16-17H2,1H3,(H,26,30). The average Bonchev–Trinajstić information content (AvgIpc) is 2.82. The highest BCUT2D eigenvalue weighted by Crippen LogP contribution is 2.12. The van der Waals surface area contributed by atoms with Gasteiger partial charge in [-0.05, 0) is 17.7 Å². The molecule has 0 aliphatic rings. The first-order chi connectivity index (χ1) is 15.0. The summed E-state index contributed by atoms with van der Waals surface area (Å²) in [6.07, 6.45) is 0. The van der Waals surface area contributed by atoms with Gasteiger partial charge in [-0.15, -0.1) is 0 Å². The van der Waals surface area contributed by atoms with E-state index >= 15 is 0 Å². The molecule has 6 heteroatoms. The highest BCUT2D eigenvalue weighted by Gasteiger charge is 2.24. The minimum atomic E-state index is -1.09. The van der Waals surface area contributed by atoms with E-state index in [9.17, 15) is 19.5 Å². The molecule has 0 fully saturated rings. The number of aliphatic hydroxyl groups is 1. The fourth-order valence-electron chi connectivity index (χ4n) is 3.19. The number of amides is 2. The summed E-state index contributed by atoms with van der Waals surface area (Å²) in [5.41, 5.74) is 2.06. The highest BCUT2D eigenvalue weighted by atomic mass is 16.3. The molecular formula is C25H24N2O4. The van der Waals surface area contributed by atoms with Crippen molar-refractivity contribution in [2.24, 2.45) is 0 Å². The number of nitrogens with one attached hydrogen (secondary N) is 1. The summed E-state index contributed by atoms with van der Waals surface area (Å²) in [7, 11) is 1.61. The molecule has 2 amide bonds. The van der Waals surface area contributed by atoms with Crippen LogP contribution in [0.5, 0.6) is 0 Å². The third-order valence-corrected chi connectivity index (χ3v) is 4.85. The van der Waals surface area contributed by atoms with Crippen LogP contribution in [-0.2, 0) is 11.3 Å². The predicted molar refractivity (Wildman–Crippen MR) is 118 cm³/mol. The minimum absolute atomic E-state index is 0.201. The zero-order chi connectivity index (χ0) is 22.2. The van der Waals surface area contributed by atoms with Gasteiger partial charge in [-0.2, -0.15) is 0 Å². The van der Waals surface area contributed by atoms with E-state index in [0.29, 0.717) is 17.7 Å². The molecule has 158 valence electrons. The summed E-state index contributed by atoms with van der Waals surface area (Å²) >= 11 is 0. The number of rotatable bonds is 8. The van der Waals surface area contributed by atoms with Crippen LogP contribution in [0.15, 0.2) is 84.9 Å². The van der Waals surface area contributed by atoms with Crippen LogP contribution >= 0.6 is 0 Å². The van der Waals surface area contributed by atoms with Crippen molar-refractivity contribution in [2.45, 2.75) is 12.6 Å². The summed E-state index contributed by atoms with van der Waals surface area (Å²) in [6.45, 7) is -0.181. The molecule has 3 aromatic carbocycles. The van der Waals surface area contributed by atoms with E-state index in [1.165, 1.54) is 11.0 Å². The lowest BCUT2D eigenvalue weighted by Crippen LogP contribution is -2.49. The first-order valence-electron chi connectivity index (χ1n) is 9.90. The second kappa shape index (κ2) is 10.3. The molecule has 1 atom stereocenters. The molecular weight excluding hydrogens is 392 g/mol. The van der Waals surface area contributed by atoms with E-state index < -0.39 is 24.5 Å². The number of aliphatic hydroxyl groups excluding tert-OH is 1. The van der Waals surface area contributed by atoms with Crippen LogP contribution in [0.4, 0.5) is 0 Å². The van der Waals surface area contributed by atoms with E-state index in [2.05, 4.69) is 5.32 Å². The number of hydrogen-bond acceptors (Lipinski definition) is 4. The lowest BCUT2D eigenvalue weighted by molar-refractivity contribution is -0.133. The number of nitrogens with zero attached hydrogens (tertiary/aromatic N) is 1. The zero-order valence-electron chi connectivity index (χ0n) is 17.2. The second-order valence-electron chi connectivity index (χ2n) is 7.16. The molecule has 6 nitrogen and oxygen atoms in total. The predicted octanol–water partition coefficient (Wildman–Crippen LogP) is 2.67. The van der Waals surface area contributed by atoms with Crippen molar-refractivity contribution >= 4 is 17.6 Å².